The van der Waals surface area contributed by atoms with Crippen LogP contribution in [0.25, 0.3) is 22.1 Å². The van der Waals surface area contributed by atoms with Gasteiger partial charge in [-0.3, -0.25) is 14.5 Å². The van der Waals surface area contributed by atoms with Crippen LogP contribution >= 0.6 is 11.6 Å². The fourth-order valence-electron chi connectivity index (χ4n) is 4.85. The van der Waals surface area contributed by atoms with E-state index in [0.29, 0.717) is 48.4 Å². The number of hydrogen-bond donors (Lipinski definition) is 2. The van der Waals surface area contributed by atoms with Gasteiger partial charge >= 0.3 is 0 Å². The number of halogens is 1. The van der Waals surface area contributed by atoms with Crippen LogP contribution in [0.4, 0.5) is 11.5 Å². The lowest BCUT2D eigenvalue weighted by Crippen LogP contribution is -2.49. The number of amides is 1. The molecule has 4 aromatic heterocycles. The second-order valence-corrected chi connectivity index (χ2v) is 9.45. The number of aryl methyl sites for hydroxylation is 1. The minimum Gasteiger partial charge on any atom is -0.366 e. The van der Waals surface area contributed by atoms with Crippen LogP contribution in [0.5, 0.6) is 0 Å². The Kier molecular flexibility index (Phi) is 5.84. The predicted molar refractivity (Wildman–Crippen MR) is 142 cm³/mol. The van der Waals surface area contributed by atoms with Crippen LogP contribution in [0.2, 0.25) is 5.02 Å². The van der Waals surface area contributed by atoms with Crippen LogP contribution in [0.3, 0.4) is 0 Å². The molecule has 1 fully saturated rings. The highest BCUT2D eigenvalue weighted by atomic mass is 35.5. The molecule has 0 saturated carbocycles. The second-order valence-electron chi connectivity index (χ2n) is 9.04. The van der Waals surface area contributed by atoms with Crippen LogP contribution in [0.15, 0.2) is 49.3 Å². The van der Waals surface area contributed by atoms with Crippen molar-refractivity contribution in [3.05, 3.63) is 65.6 Å². The molecule has 6 rings (SSSR count). The third-order valence-electron chi connectivity index (χ3n) is 6.70. The van der Waals surface area contributed by atoms with E-state index in [1.54, 1.807) is 29.5 Å². The van der Waals surface area contributed by atoms with Crippen LogP contribution in [0, 0.1) is 0 Å². The number of aromatic nitrogens is 7. The number of carbonyl (C=O) groups excluding carboxylic acids is 1. The summed E-state index contributed by atoms with van der Waals surface area (Å²) >= 11 is 6.74. The Labute approximate surface area is 217 Å². The van der Waals surface area contributed by atoms with E-state index in [2.05, 4.69) is 42.2 Å². The molecule has 1 unspecified atom stereocenters. The molecule has 12 heteroatoms. The van der Waals surface area contributed by atoms with Crippen LogP contribution in [0.1, 0.15) is 29.0 Å². The van der Waals surface area contributed by atoms with Crippen LogP contribution < -0.4 is 10.2 Å². The molecule has 0 radical (unpaired) electrons. The normalized spacial score (nSPS) is 14.9. The number of carbonyl (C=O) groups is 1. The summed E-state index contributed by atoms with van der Waals surface area (Å²) < 4.78 is 1.64. The number of piperazine rings is 1. The van der Waals surface area contributed by atoms with Gasteiger partial charge in [0.1, 0.15) is 17.5 Å². The highest BCUT2D eigenvalue weighted by Crippen LogP contribution is 2.39. The number of anilines is 2. The van der Waals surface area contributed by atoms with Gasteiger partial charge in [-0.2, -0.15) is 5.10 Å². The van der Waals surface area contributed by atoms with Crippen molar-refractivity contribution in [1.82, 2.24) is 39.6 Å². The number of hydrogen-bond acceptors (Lipinski definition) is 8. The van der Waals surface area contributed by atoms with E-state index < -0.39 is 0 Å². The van der Waals surface area contributed by atoms with Gasteiger partial charge in [-0.05, 0) is 31.2 Å². The van der Waals surface area contributed by atoms with E-state index in [1.807, 2.05) is 30.1 Å². The molecular weight excluding hydrogens is 492 g/mol. The maximum Gasteiger partial charge on any atom is 0.274 e. The summed E-state index contributed by atoms with van der Waals surface area (Å²) in [6.07, 6.45) is 6.66. The first-order valence-electron chi connectivity index (χ1n) is 12.0. The lowest BCUT2D eigenvalue weighted by atomic mass is 10.0. The zero-order chi connectivity index (χ0) is 25.5. The molecule has 1 amide bonds. The second kappa shape index (κ2) is 9.32. The lowest BCUT2D eigenvalue weighted by Gasteiger charge is -2.38. The number of imidazole rings is 1. The van der Waals surface area contributed by atoms with Crippen molar-refractivity contribution >= 4 is 51.1 Å². The molecule has 0 bridgehead atoms. The van der Waals surface area contributed by atoms with Crippen molar-refractivity contribution in [2.24, 2.45) is 7.05 Å². The van der Waals surface area contributed by atoms with E-state index in [4.69, 9.17) is 16.6 Å². The fraction of sp³-hybridized carbons (Fsp3) is 0.280. The summed E-state index contributed by atoms with van der Waals surface area (Å²) in [7, 11) is 1.81. The highest BCUT2D eigenvalue weighted by molar-refractivity contribution is 6.36. The Balaban J connectivity index is 1.33. The van der Waals surface area contributed by atoms with E-state index in [1.165, 1.54) is 6.33 Å². The molecule has 0 spiro atoms. The van der Waals surface area contributed by atoms with E-state index in [9.17, 15) is 4.79 Å². The molecule has 2 N–H and O–H groups in total. The van der Waals surface area contributed by atoms with Gasteiger partial charge in [0, 0.05) is 56.6 Å². The van der Waals surface area contributed by atoms with Crippen molar-refractivity contribution in [1.29, 1.82) is 0 Å². The van der Waals surface area contributed by atoms with E-state index in [0.717, 1.165) is 27.7 Å². The number of aromatic amines is 1. The zero-order valence-electron chi connectivity index (χ0n) is 20.4. The largest absolute Gasteiger partial charge is 0.366 e. The highest BCUT2D eigenvalue weighted by Gasteiger charge is 2.28. The fourth-order valence-corrected chi connectivity index (χ4v) is 5.12. The summed E-state index contributed by atoms with van der Waals surface area (Å²) in [4.78, 5) is 37.8. The minimum atomic E-state index is -0.159. The Morgan fingerprint density at radius 2 is 1.97 bits per heavy atom. The Hall–Kier alpha value is -4.25. The maximum absolute atomic E-state index is 12.9. The summed E-state index contributed by atoms with van der Waals surface area (Å²) in [5, 5.41) is 9.29. The lowest BCUT2D eigenvalue weighted by molar-refractivity contribution is 0.0740. The smallest absolute Gasteiger partial charge is 0.274 e. The number of H-pyrrole nitrogens is 1. The van der Waals surface area contributed by atoms with Gasteiger partial charge < -0.3 is 20.1 Å². The van der Waals surface area contributed by atoms with Crippen LogP contribution in [-0.2, 0) is 7.05 Å². The topological polar surface area (TPSA) is 121 Å². The number of fused-ring (bicyclic) bond motifs is 2. The molecule has 1 saturated heterocycles. The number of nitrogens with one attached hydrogen (secondary N) is 2. The predicted octanol–water partition coefficient (Wildman–Crippen LogP) is 3.42. The number of nitrogens with zero attached hydrogens (tertiary/aromatic N) is 8. The molecule has 1 aliphatic rings. The van der Waals surface area contributed by atoms with Gasteiger partial charge in [0.2, 0.25) is 0 Å². The van der Waals surface area contributed by atoms with E-state index in [-0.39, 0.29) is 11.9 Å². The molecule has 5 heterocycles. The van der Waals surface area contributed by atoms with Crippen molar-refractivity contribution in [3.8, 4) is 0 Å². The van der Waals surface area contributed by atoms with Crippen molar-refractivity contribution in [2.75, 3.05) is 36.4 Å². The Morgan fingerprint density at radius 1 is 1.14 bits per heavy atom. The molecule has 37 heavy (non-hydrogen) atoms. The average Bonchev–Trinajstić information content (AvgIpc) is 3.58. The third kappa shape index (κ3) is 4.20. The van der Waals surface area contributed by atoms with Gasteiger partial charge in [0.15, 0.2) is 11.5 Å². The Bertz CT molecular complexity index is 1600. The van der Waals surface area contributed by atoms with Crippen molar-refractivity contribution in [3.63, 3.8) is 0 Å². The number of pyridine rings is 1. The van der Waals surface area contributed by atoms with Gasteiger partial charge in [0.05, 0.1) is 28.6 Å². The third-order valence-corrected chi connectivity index (χ3v) is 7.02. The summed E-state index contributed by atoms with van der Waals surface area (Å²) in [6.45, 7) is 4.53. The van der Waals surface area contributed by atoms with Crippen molar-refractivity contribution < 1.29 is 4.79 Å². The van der Waals surface area contributed by atoms with E-state index >= 15 is 0 Å². The standard InChI is InChI=1S/C25H25ClN10O/c1-15(32-24-21-23(29-13-28-21)30-14-31-24)17-12-18(26)16-4-3-6-27-20(16)22(17)35-8-10-36(11-9-35)25(37)19-5-7-34(2)33-19/h3-7,12-15H,8-11H2,1-2H3,(H2,28,29,30,31,32). The number of benzene rings is 1. The minimum absolute atomic E-state index is 0.0538. The Morgan fingerprint density at radius 3 is 2.76 bits per heavy atom. The summed E-state index contributed by atoms with van der Waals surface area (Å²) in [5.74, 6) is 0.603. The first-order valence-corrected chi connectivity index (χ1v) is 12.4. The molecule has 11 nitrogen and oxygen atoms in total. The SMILES string of the molecule is CC(Nc1ncnc2nc[nH]c12)c1cc(Cl)c2cccnc2c1N1CCN(C(=O)c2ccn(C)n2)CC1. The van der Waals surface area contributed by atoms with Crippen molar-refractivity contribution in [2.45, 2.75) is 13.0 Å². The molecular formula is C25H25ClN10O. The monoisotopic (exact) mass is 516 g/mol. The zero-order valence-corrected chi connectivity index (χ0v) is 21.1. The number of rotatable bonds is 5. The first-order chi connectivity index (χ1) is 18.0. The molecule has 1 aromatic carbocycles. The van der Waals surface area contributed by atoms with Crippen LogP contribution in [-0.4, -0.2) is 71.7 Å². The van der Waals surface area contributed by atoms with Gasteiger partial charge in [-0.15, -0.1) is 0 Å². The molecule has 0 aliphatic carbocycles. The molecule has 1 atom stereocenters. The quantitative estimate of drug-likeness (QED) is 0.364. The maximum atomic E-state index is 12.9. The van der Waals surface area contributed by atoms with Gasteiger partial charge in [0.25, 0.3) is 5.91 Å². The molecule has 188 valence electrons. The average molecular weight is 517 g/mol. The first kappa shape index (κ1) is 23.2. The summed E-state index contributed by atoms with van der Waals surface area (Å²) in [6, 6.07) is 7.46. The van der Waals surface area contributed by atoms with Gasteiger partial charge in [-0.25, -0.2) is 15.0 Å². The van der Waals surface area contributed by atoms with Gasteiger partial charge in [-0.1, -0.05) is 11.6 Å². The molecule has 5 aromatic rings. The summed E-state index contributed by atoms with van der Waals surface area (Å²) in [5.41, 5.74) is 4.62. The molecule has 1 aliphatic heterocycles.